The van der Waals surface area contributed by atoms with E-state index in [9.17, 15) is 4.79 Å². The number of H-pyrrole nitrogens is 1. The summed E-state index contributed by atoms with van der Waals surface area (Å²) in [5, 5.41) is 1.18. The van der Waals surface area contributed by atoms with Gasteiger partial charge in [0.15, 0.2) is 5.16 Å². The third kappa shape index (κ3) is 2.94. The highest BCUT2D eigenvalue weighted by molar-refractivity contribution is 7.98. The molecule has 0 spiro atoms. The zero-order chi connectivity index (χ0) is 15.7. The number of para-hydroxylation sites is 1. The molecule has 0 amide bonds. The number of fused-ring (bicyclic) bond motifs is 1. The number of rotatable bonds is 3. The summed E-state index contributed by atoms with van der Waals surface area (Å²) in [6.07, 6.45) is 0. The van der Waals surface area contributed by atoms with Crippen LogP contribution >= 0.6 is 11.8 Å². The van der Waals surface area contributed by atoms with E-state index in [1.807, 2.05) is 26.0 Å². The summed E-state index contributed by atoms with van der Waals surface area (Å²) in [6, 6.07) is 7.28. The number of anilines is 1. The van der Waals surface area contributed by atoms with E-state index in [2.05, 4.69) is 19.9 Å². The lowest BCUT2D eigenvalue weighted by Gasteiger charge is -2.05. The van der Waals surface area contributed by atoms with Gasteiger partial charge in [-0.2, -0.15) is 0 Å². The zero-order valence-electron chi connectivity index (χ0n) is 12.3. The number of thioether (sulfide) groups is 1. The molecule has 7 heteroatoms. The van der Waals surface area contributed by atoms with Crippen molar-refractivity contribution in [1.82, 2.24) is 19.9 Å². The van der Waals surface area contributed by atoms with Gasteiger partial charge in [-0.1, -0.05) is 23.9 Å². The molecule has 0 unspecified atom stereocenters. The van der Waals surface area contributed by atoms with Crippen molar-refractivity contribution in [3.63, 3.8) is 0 Å². The molecule has 3 rings (SSSR count). The maximum Gasteiger partial charge on any atom is 0.258 e. The molecular weight excluding hydrogens is 298 g/mol. The number of nitrogens with one attached hydrogen (secondary N) is 1. The van der Waals surface area contributed by atoms with Crippen LogP contribution in [0.1, 0.15) is 17.1 Å². The van der Waals surface area contributed by atoms with Crippen molar-refractivity contribution in [2.75, 3.05) is 5.73 Å². The van der Waals surface area contributed by atoms with Crippen LogP contribution in [0.2, 0.25) is 0 Å². The van der Waals surface area contributed by atoms with Crippen LogP contribution in [0.3, 0.4) is 0 Å². The van der Waals surface area contributed by atoms with Crippen LogP contribution < -0.4 is 11.3 Å². The summed E-state index contributed by atoms with van der Waals surface area (Å²) in [5.74, 6) is 1.51. The van der Waals surface area contributed by atoms with Crippen molar-refractivity contribution >= 4 is 28.5 Å². The van der Waals surface area contributed by atoms with Gasteiger partial charge in [0.1, 0.15) is 11.6 Å². The Hall–Kier alpha value is -2.41. The van der Waals surface area contributed by atoms with Gasteiger partial charge in [-0.15, -0.1) is 0 Å². The standard InChI is InChI=1S/C15H15N5OS/c1-8-4-3-5-10-13(8)19-12(20-14(10)21)7-22-15-17-9(2)6-11(16)18-15/h3-6H,7H2,1-2H3,(H2,16,17,18)(H,19,20,21). The predicted octanol–water partition coefficient (Wildman–Crippen LogP) is 2.20. The van der Waals surface area contributed by atoms with Crippen molar-refractivity contribution < 1.29 is 0 Å². The van der Waals surface area contributed by atoms with Crippen molar-refractivity contribution in [2.45, 2.75) is 24.8 Å². The topological polar surface area (TPSA) is 97.5 Å². The third-order valence-electron chi connectivity index (χ3n) is 3.18. The number of hydrogen-bond acceptors (Lipinski definition) is 6. The van der Waals surface area contributed by atoms with E-state index in [0.29, 0.717) is 27.9 Å². The fourth-order valence-corrected chi connectivity index (χ4v) is 2.96. The molecule has 0 saturated heterocycles. The smallest absolute Gasteiger partial charge is 0.258 e. The van der Waals surface area contributed by atoms with E-state index in [4.69, 9.17) is 5.73 Å². The lowest BCUT2D eigenvalue weighted by molar-refractivity contribution is 0.935. The molecule has 1 aromatic carbocycles. The highest BCUT2D eigenvalue weighted by atomic mass is 32.2. The van der Waals surface area contributed by atoms with Crippen LogP contribution in [0.25, 0.3) is 10.9 Å². The highest BCUT2D eigenvalue weighted by Crippen LogP contribution is 2.20. The Balaban J connectivity index is 1.91. The first kappa shape index (κ1) is 14.5. The van der Waals surface area contributed by atoms with Crippen LogP contribution in [-0.4, -0.2) is 19.9 Å². The zero-order valence-corrected chi connectivity index (χ0v) is 13.1. The van der Waals surface area contributed by atoms with Gasteiger partial charge in [0.25, 0.3) is 5.56 Å². The number of nitrogens with zero attached hydrogens (tertiary/aromatic N) is 3. The third-order valence-corrected chi connectivity index (χ3v) is 4.04. The first-order valence-corrected chi connectivity index (χ1v) is 7.74. The minimum atomic E-state index is -0.131. The van der Waals surface area contributed by atoms with E-state index < -0.39 is 0 Å². The van der Waals surface area contributed by atoms with Gasteiger partial charge in [-0.3, -0.25) is 4.79 Å². The Morgan fingerprint density at radius 1 is 1.23 bits per heavy atom. The average Bonchev–Trinajstić information content (AvgIpc) is 2.45. The van der Waals surface area contributed by atoms with E-state index in [-0.39, 0.29) is 5.56 Å². The van der Waals surface area contributed by atoms with E-state index in [0.717, 1.165) is 16.8 Å². The molecule has 2 heterocycles. The van der Waals surface area contributed by atoms with Crippen molar-refractivity contribution in [3.8, 4) is 0 Å². The second kappa shape index (κ2) is 5.76. The van der Waals surface area contributed by atoms with Gasteiger partial charge >= 0.3 is 0 Å². The van der Waals surface area contributed by atoms with Crippen LogP contribution in [0.5, 0.6) is 0 Å². The number of aromatic amines is 1. The van der Waals surface area contributed by atoms with Gasteiger partial charge in [0.2, 0.25) is 0 Å². The monoisotopic (exact) mass is 313 g/mol. The Morgan fingerprint density at radius 3 is 2.82 bits per heavy atom. The van der Waals surface area contributed by atoms with Gasteiger partial charge in [0, 0.05) is 11.8 Å². The SMILES string of the molecule is Cc1cc(N)nc(SCc2nc3c(C)cccc3c(=O)[nH]2)n1. The number of nitrogen functional groups attached to an aromatic ring is 1. The molecule has 0 radical (unpaired) electrons. The molecule has 0 saturated carbocycles. The molecule has 0 aliphatic heterocycles. The lowest BCUT2D eigenvalue weighted by Crippen LogP contribution is -2.12. The van der Waals surface area contributed by atoms with Crippen molar-refractivity contribution in [3.05, 3.63) is 51.7 Å². The summed E-state index contributed by atoms with van der Waals surface area (Å²) in [6.45, 7) is 3.80. The summed E-state index contributed by atoms with van der Waals surface area (Å²) in [4.78, 5) is 27.9. The fraction of sp³-hybridized carbons (Fsp3) is 0.200. The first-order chi connectivity index (χ1) is 10.5. The van der Waals surface area contributed by atoms with Crippen molar-refractivity contribution in [2.24, 2.45) is 0 Å². The quantitative estimate of drug-likeness (QED) is 0.568. The second-order valence-corrected chi connectivity index (χ2v) is 5.93. The number of nitrogens with two attached hydrogens (primary N) is 1. The Kier molecular flexibility index (Phi) is 3.81. The lowest BCUT2D eigenvalue weighted by atomic mass is 10.1. The highest BCUT2D eigenvalue weighted by Gasteiger charge is 2.08. The average molecular weight is 313 g/mol. The molecule has 0 bridgehead atoms. The largest absolute Gasteiger partial charge is 0.384 e. The maximum absolute atomic E-state index is 12.1. The number of hydrogen-bond donors (Lipinski definition) is 2. The molecule has 3 N–H and O–H groups in total. The minimum Gasteiger partial charge on any atom is -0.384 e. The van der Waals surface area contributed by atoms with Crippen LogP contribution in [-0.2, 0) is 5.75 Å². The van der Waals surface area contributed by atoms with Gasteiger partial charge < -0.3 is 10.7 Å². The Morgan fingerprint density at radius 2 is 2.05 bits per heavy atom. The van der Waals surface area contributed by atoms with Gasteiger partial charge in [-0.25, -0.2) is 15.0 Å². The second-order valence-electron chi connectivity index (χ2n) is 4.99. The molecular formula is C15H15N5OS. The predicted molar refractivity (Wildman–Crippen MR) is 87.8 cm³/mol. The first-order valence-electron chi connectivity index (χ1n) is 6.75. The van der Waals surface area contributed by atoms with Gasteiger partial charge in [0.05, 0.1) is 16.7 Å². The molecule has 0 fully saturated rings. The van der Waals surface area contributed by atoms with Crippen LogP contribution in [0.15, 0.2) is 34.2 Å². The Labute approximate surface area is 131 Å². The summed E-state index contributed by atoms with van der Waals surface area (Å²) >= 11 is 1.39. The summed E-state index contributed by atoms with van der Waals surface area (Å²) in [7, 11) is 0. The maximum atomic E-state index is 12.1. The van der Waals surface area contributed by atoms with Crippen LogP contribution in [0.4, 0.5) is 5.82 Å². The fourth-order valence-electron chi connectivity index (χ4n) is 2.18. The van der Waals surface area contributed by atoms with Crippen LogP contribution in [0, 0.1) is 13.8 Å². The van der Waals surface area contributed by atoms with E-state index in [1.54, 1.807) is 12.1 Å². The molecule has 112 valence electrons. The van der Waals surface area contributed by atoms with E-state index >= 15 is 0 Å². The number of benzene rings is 1. The molecule has 3 aromatic rings. The molecule has 0 aliphatic rings. The number of aromatic nitrogens is 4. The number of aryl methyl sites for hydroxylation is 2. The van der Waals surface area contributed by atoms with E-state index in [1.165, 1.54) is 11.8 Å². The van der Waals surface area contributed by atoms with Gasteiger partial charge in [-0.05, 0) is 25.5 Å². The molecule has 0 aliphatic carbocycles. The molecule has 6 nitrogen and oxygen atoms in total. The van der Waals surface area contributed by atoms with Crippen molar-refractivity contribution in [1.29, 1.82) is 0 Å². The molecule has 2 aromatic heterocycles. The normalized spacial score (nSPS) is 11.0. The minimum absolute atomic E-state index is 0.131. The Bertz CT molecular complexity index is 886. The summed E-state index contributed by atoms with van der Waals surface area (Å²) < 4.78 is 0. The molecule has 0 atom stereocenters. The molecule has 22 heavy (non-hydrogen) atoms. The summed E-state index contributed by atoms with van der Waals surface area (Å²) in [5.41, 5.74) is 8.10.